The van der Waals surface area contributed by atoms with Crippen LogP contribution < -0.4 is 14.8 Å². The molecule has 2 aromatic carbocycles. The van der Waals surface area contributed by atoms with E-state index in [4.69, 9.17) is 21.1 Å². The van der Waals surface area contributed by atoms with E-state index in [1.165, 1.54) is 0 Å². The Labute approximate surface area is 168 Å². The molecule has 0 spiro atoms. The summed E-state index contributed by atoms with van der Waals surface area (Å²) in [6.07, 6.45) is 3.36. The molecule has 5 nitrogen and oxygen atoms in total. The van der Waals surface area contributed by atoms with E-state index in [-0.39, 0.29) is 14.1 Å². The van der Waals surface area contributed by atoms with Gasteiger partial charge in [-0.3, -0.25) is 4.79 Å². The Morgan fingerprint density at radius 2 is 1.75 bits per heavy atom. The van der Waals surface area contributed by atoms with E-state index in [1.54, 1.807) is 6.20 Å². The summed E-state index contributed by atoms with van der Waals surface area (Å²) in [5.74, 6) is 1.91. The lowest BCUT2D eigenvalue weighted by atomic mass is 9.94. The van der Waals surface area contributed by atoms with Crippen LogP contribution in [0.2, 0.25) is 5.02 Å². The maximum absolute atomic E-state index is 13.0. The molecule has 5 rings (SSSR count). The Balaban J connectivity index is 0.00000205. The van der Waals surface area contributed by atoms with Gasteiger partial charge in [0.25, 0.3) is 0 Å². The number of pyridine rings is 1. The molecule has 6 heteroatoms. The second kappa shape index (κ2) is 6.53. The number of ether oxygens (including phenoxy) is 2. The molecule has 0 saturated heterocycles. The summed E-state index contributed by atoms with van der Waals surface area (Å²) in [6.45, 7) is 0.224. The van der Waals surface area contributed by atoms with Crippen molar-refractivity contribution in [3.63, 3.8) is 0 Å². The van der Waals surface area contributed by atoms with Crippen molar-refractivity contribution < 1.29 is 15.7 Å². The van der Waals surface area contributed by atoms with Gasteiger partial charge in [-0.15, -0.1) is 0 Å². The van der Waals surface area contributed by atoms with Crippen LogP contribution in [0, 0.1) is 0 Å². The van der Waals surface area contributed by atoms with Crippen molar-refractivity contribution in [2.45, 2.75) is 18.3 Å². The first-order valence-electron chi connectivity index (χ1n) is 9.08. The summed E-state index contributed by atoms with van der Waals surface area (Å²) < 4.78 is 10.8. The minimum atomic E-state index is -0.516. The lowest BCUT2D eigenvalue weighted by Crippen LogP contribution is -2.28. The molecule has 1 aromatic heterocycles. The van der Waals surface area contributed by atoms with Crippen LogP contribution >= 0.6 is 11.6 Å². The summed E-state index contributed by atoms with van der Waals surface area (Å²) in [7, 11) is 0. The predicted molar refractivity (Wildman–Crippen MR) is 109 cm³/mol. The zero-order valence-corrected chi connectivity index (χ0v) is 15.7. The zero-order chi connectivity index (χ0) is 19.1. The highest BCUT2D eigenvalue weighted by atomic mass is 35.5. The van der Waals surface area contributed by atoms with Gasteiger partial charge in [-0.2, -0.15) is 0 Å². The van der Waals surface area contributed by atoms with Crippen LogP contribution in [0.4, 0.5) is 5.82 Å². The Morgan fingerprint density at radius 3 is 2.46 bits per heavy atom. The predicted octanol–water partition coefficient (Wildman–Crippen LogP) is 5.05. The summed E-state index contributed by atoms with van der Waals surface area (Å²) in [4.78, 5) is 17.4. The summed E-state index contributed by atoms with van der Waals surface area (Å²) >= 11 is 5.93. The van der Waals surface area contributed by atoms with Crippen LogP contribution in [-0.2, 0) is 10.2 Å². The molecular formula is C22H19ClN2O3. The summed E-state index contributed by atoms with van der Waals surface area (Å²) in [5.41, 5.74) is 2.42. The van der Waals surface area contributed by atoms with Crippen LogP contribution in [-0.4, -0.2) is 17.7 Å². The molecule has 1 amide bonds. The van der Waals surface area contributed by atoms with Gasteiger partial charge in [0.2, 0.25) is 12.7 Å². The van der Waals surface area contributed by atoms with Crippen molar-refractivity contribution >= 4 is 23.3 Å². The van der Waals surface area contributed by atoms with Crippen LogP contribution in [0.3, 0.4) is 0 Å². The molecule has 3 aromatic rings. The third-order valence-electron chi connectivity index (χ3n) is 5.29. The third kappa shape index (κ3) is 2.98. The summed E-state index contributed by atoms with van der Waals surface area (Å²) in [6, 6.07) is 17.0. The largest absolute Gasteiger partial charge is 0.454 e. The quantitative estimate of drug-likeness (QED) is 0.672. The molecule has 0 unspecified atom stereocenters. The number of aromatic nitrogens is 1. The van der Waals surface area contributed by atoms with Crippen molar-refractivity contribution in [1.82, 2.24) is 4.98 Å². The molecule has 2 heterocycles. The van der Waals surface area contributed by atoms with Crippen molar-refractivity contribution in [2.75, 3.05) is 12.1 Å². The van der Waals surface area contributed by atoms with E-state index in [0.29, 0.717) is 16.6 Å². The van der Waals surface area contributed by atoms with Gasteiger partial charge in [0.15, 0.2) is 11.5 Å². The van der Waals surface area contributed by atoms with E-state index in [9.17, 15) is 4.79 Å². The number of rotatable bonds is 4. The van der Waals surface area contributed by atoms with E-state index in [2.05, 4.69) is 10.3 Å². The van der Waals surface area contributed by atoms with Gasteiger partial charge in [-0.05, 0) is 60.4 Å². The van der Waals surface area contributed by atoms with Crippen LogP contribution in [0.15, 0.2) is 60.8 Å². The van der Waals surface area contributed by atoms with Crippen molar-refractivity contribution in [3.05, 3.63) is 71.4 Å². The number of hydrogen-bond acceptors (Lipinski definition) is 4. The fourth-order valence-corrected chi connectivity index (χ4v) is 3.61. The van der Waals surface area contributed by atoms with Gasteiger partial charge >= 0.3 is 0 Å². The SMILES string of the molecule is O=C(Nc1ccc(-c2ccc(Cl)cc2)cn1)C1(c2ccc3c(c2)OCO3)CC1.[HH]. The number of hydrogen-bond donors (Lipinski definition) is 1. The highest BCUT2D eigenvalue weighted by Crippen LogP contribution is 2.51. The fraction of sp³-hybridized carbons (Fsp3) is 0.182. The Kier molecular flexibility index (Phi) is 3.98. The highest BCUT2D eigenvalue weighted by molar-refractivity contribution is 6.30. The lowest BCUT2D eigenvalue weighted by molar-refractivity contribution is -0.118. The van der Waals surface area contributed by atoms with Gasteiger partial charge in [-0.1, -0.05) is 29.8 Å². The topological polar surface area (TPSA) is 60.5 Å². The number of anilines is 1. The molecule has 0 bridgehead atoms. The molecular weight excluding hydrogens is 376 g/mol. The number of nitrogens with zero attached hydrogens (tertiary/aromatic N) is 1. The minimum Gasteiger partial charge on any atom is -0.454 e. The van der Waals surface area contributed by atoms with Crippen molar-refractivity contribution in [3.8, 4) is 22.6 Å². The molecule has 0 atom stereocenters. The monoisotopic (exact) mass is 394 g/mol. The van der Waals surface area contributed by atoms with Crippen molar-refractivity contribution in [2.24, 2.45) is 0 Å². The maximum atomic E-state index is 13.0. The molecule has 1 fully saturated rings. The molecule has 1 aliphatic carbocycles. The molecule has 1 N–H and O–H groups in total. The van der Waals surface area contributed by atoms with E-state index in [0.717, 1.165) is 35.3 Å². The number of carbonyl (C=O) groups excluding carboxylic acids is 1. The average molecular weight is 395 g/mol. The van der Waals surface area contributed by atoms with Crippen LogP contribution in [0.1, 0.15) is 19.8 Å². The second-order valence-corrected chi connectivity index (χ2v) is 7.48. The van der Waals surface area contributed by atoms with Gasteiger partial charge in [0.05, 0.1) is 5.41 Å². The number of halogens is 1. The number of benzene rings is 2. The second-order valence-electron chi connectivity index (χ2n) is 7.04. The first-order valence-corrected chi connectivity index (χ1v) is 9.45. The van der Waals surface area contributed by atoms with E-state index in [1.807, 2.05) is 54.6 Å². The number of amides is 1. The Bertz CT molecular complexity index is 1050. The molecule has 2 aliphatic rings. The number of fused-ring (bicyclic) bond motifs is 1. The smallest absolute Gasteiger partial charge is 0.236 e. The van der Waals surface area contributed by atoms with Crippen LogP contribution in [0.25, 0.3) is 11.1 Å². The number of nitrogens with one attached hydrogen (secondary N) is 1. The zero-order valence-electron chi connectivity index (χ0n) is 14.9. The molecule has 28 heavy (non-hydrogen) atoms. The lowest BCUT2D eigenvalue weighted by Gasteiger charge is -2.16. The standard InChI is InChI=1S/C22H17ClN2O3.H2/c23-17-5-1-14(2-6-17)15-3-8-20(24-12-15)25-21(26)22(9-10-22)16-4-7-18-19(11-16)28-13-27-18;/h1-8,11-12H,9-10,13H2,(H,24,25,26);1H. The third-order valence-corrected chi connectivity index (χ3v) is 5.54. The Hall–Kier alpha value is -3.05. The van der Waals surface area contributed by atoms with Gasteiger partial charge in [-0.25, -0.2) is 4.98 Å². The van der Waals surface area contributed by atoms with Crippen molar-refractivity contribution in [1.29, 1.82) is 0 Å². The molecule has 1 saturated carbocycles. The first-order chi connectivity index (χ1) is 13.6. The van der Waals surface area contributed by atoms with Gasteiger partial charge < -0.3 is 14.8 Å². The van der Waals surface area contributed by atoms with E-state index < -0.39 is 5.41 Å². The highest BCUT2D eigenvalue weighted by Gasteiger charge is 2.51. The van der Waals surface area contributed by atoms with Gasteiger partial charge in [0, 0.05) is 18.2 Å². The molecule has 0 radical (unpaired) electrons. The fourth-order valence-electron chi connectivity index (χ4n) is 3.48. The summed E-state index contributed by atoms with van der Waals surface area (Å²) in [5, 5.41) is 3.65. The average Bonchev–Trinajstić information content (AvgIpc) is 3.40. The number of carbonyl (C=O) groups is 1. The minimum absolute atomic E-state index is 0. The molecule has 1 aliphatic heterocycles. The van der Waals surface area contributed by atoms with Gasteiger partial charge in [0.1, 0.15) is 5.82 Å². The normalized spacial score (nSPS) is 15.9. The van der Waals surface area contributed by atoms with E-state index >= 15 is 0 Å². The Morgan fingerprint density at radius 1 is 1.00 bits per heavy atom. The molecule has 142 valence electrons. The van der Waals surface area contributed by atoms with Crippen LogP contribution in [0.5, 0.6) is 11.5 Å². The maximum Gasteiger partial charge on any atom is 0.236 e. The first kappa shape index (κ1) is 17.1.